The zero-order chi connectivity index (χ0) is 5.28. The normalized spacial score (nSPS) is 15.8. The van der Waals surface area contributed by atoms with Gasteiger partial charge in [0.25, 0.3) is 5.55 Å². The Kier molecular flexibility index (Phi) is 3.29. The zero-order valence-corrected chi connectivity index (χ0v) is 7.14. The van der Waals surface area contributed by atoms with Gasteiger partial charge in [-0.05, 0) is 6.92 Å². The van der Waals surface area contributed by atoms with E-state index in [-0.39, 0.29) is 17.0 Å². The van der Waals surface area contributed by atoms with E-state index in [1.807, 2.05) is 13.8 Å². The summed E-state index contributed by atoms with van der Waals surface area (Å²) in [7, 11) is 0. The maximum Gasteiger partial charge on any atom is 0.272 e. The summed E-state index contributed by atoms with van der Waals surface area (Å²) in [6, 6.07) is 0. The monoisotopic (exact) mass is 191 g/mol. The topological polar surface area (TPSA) is 12.4 Å². The van der Waals surface area contributed by atoms with E-state index < -0.39 is 0 Å². The summed E-state index contributed by atoms with van der Waals surface area (Å²) >= 11 is 1.57. The maximum atomic E-state index is 3.91. The average molecular weight is 192 g/mol. The molecule has 44 valence electrons. The van der Waals surface area contributed by atoms with Gasteiger partial charge >= 0.3 is 0 Å². The molecule has 0 saturated carbocycles. The standard InChI is InChI=1S/C5H6NS.BrH/c1-4-5(2)7-3-6-4;/h1-2H3;1H/q+1;/p-1. The first-order valence-corrected chi connectivity index (χ1v) is 2.92. The highest BCUT2D eigenvalue weighted by molar-refractivity contribution is 8.15. The number of rotatable bonds is 0. The Morgan fingerprint density at radius 2 is 2.12 bits per heavy atom. The van der Waals surface area contributed by atoms with Gasteiger partial charge in [-0.15, -0.1) is 0 Å². The zero-order valence-electron chi connectivity index (χ0n) is 4.73. The van der Waals surface area contributed by atoms with Gasteiger partial charge in [-0.2, -0.15) is 0 Å². The first-order chi connectivity index (χ1) is 3.30. The van der Waals surface area contributed by atoms with Gasteiger partial charge < -0.3 is 17.0 Å². The molecule has 0 atom stereocenters. The second-order valence-corrected chi connectivity index (χ2v) is 2.45. The molecule has 0 N–H and O–H groups in total. The number of hydrogen-bond acceptors (Lipinski definition) is 2. The van der Waals surface area contributed by atoms with Crippen molar-refractivity contribution in [2.24, 2.45) is 4.99 Å². The van der Waals surface area contributed by atoms with Crippen LogP contribution in [0.1, 0.15) is 13.8 Å². The van der Waals surface area contributed by atoms with Gasteiger partial charge in [0.15, 0.2) is 5.70 Å². The van der Waals surface area contributed by atoms with Crippen LogP contribution in [0.3, 0.4) is 0 Å². The summed E-state index contributed by atoms with van der Waals surface area (Å²) in [4.78, 5) is 5.17. The van der Waals surface area contributed by atoms with Crippen LogP contribution in [0.5, 0.6) is 0 Å². The Morgan fingerprint density at radius 3 is 2.25 bits per heavy atom. The van der Waals surface area contributed by atoms with Gasteiger partial charge in [0, 0.05) is 11.9 Å². The number of hydrogen-bond donors (Lipinski definition) is 0. The molecule has 0 aromatic rings. The van der Waals surface area contributed by atoms with Crippen LogP contribution < -0.4 is 17.0 Å². The number of thioether (sulfide) groups is 1. The maximum absolute atomic E-state index is 3.91. The minimum Gasteiger partial charge on any atom is -1.00 e. The van der Waals surface area contributed by atoms with E-state index in [9.17, 15) is 0 Å². The van der Waals surface area contributed by atoms with Crippen LogP contribution in [0.2, 0.25) is 0 Å². The van der Waals surface area contributed by atoms with Crippen LogP contribution >= 0.6 is 11.8 Å². The van der Waals surface area contributed by atoms with Gasteiger partial charge in [-0.3, -0.25) is 0 Å². The quantitative estimate of drug-likeness (QED) is 0.443. The van der Waals surface area contributed by atoms with Gasteiger partial charge in [0.2, 0.25) is 0 Å². The van der Waals surface area contributed by atoms with Gasteiger partial charge in [0.05, 0.1) is 0 Å². The van der Waals surface area contributed by atoms with Crippen LogP contribution in [-0.4, -0.2) is 5.55 Å². The molecule has 0 unspecified atom stereocenters. The Morgan fingerprint density at radius 1 is 1.50 bits per heavy atom. The molecule has 0 fully saturated rings. The lowest BCUT2D eigenvalue weighted by Gasteiger charge is -1.71. The smallest absolute Gasteiger partial charge is 0.272 e. The van der Waals surface area contributed by atoms with Crippen LogP contribution in [0.4, 0.5) is 0 Å². The molecule has 0 amide bonds. The fourth-order valence-corrected chi connectivity index (χ4v) is 0.825. The molecule has 0 aromatic carbocycles. The third kappa shape index (κ3) is 1.58. The number of allylic oxidation sites excluding steroid dienone is 2. The fourth-order valence-electron chi connectivity index (χ4n) is 0.312. The third-order valence-electron chi connectivity index (χ3n) is 0.922. The van der Waals surface area contributed by atoms with E-state index in [1.54, 1.807) is 11.8 Å². The number of halogens is 1. The van der Waals surface area contributed by atoms with E-state index in [1.165, 1.54) is 4.91 Å². The lowest BCUT2D eigenvalue weighted by atomic mass is 10.5. The summed E-state index contributed by atoms with van der Waals surface area (Å²) in [5.74, 6) is 0. The van der Waals surface area contributed by atoms with E-state index in [4.69, 9.17) is 0 Å². The number of aliphatic imine (C=N–C) groups is 1. The lowest BCUT2D eigenvalue weighted by Crippen LogP contribution is -3.00. The van der Waals surface area contributed by atoms with Crippen molar-refractivity contribution in [1.29, 1.82) is 0 Å². The Balaban J connectivity index is 0.000000490. The molecule has 1 aliphatic heterocycles. The van der Waals surface area contributed by atoms with Crippen molar-refractivity contribution < 1.29 is 17.0 Å². The third-order valence-corrected chi connectivity index (χ3v) is 1.71. The van der Waals surface area contributed by atoms with Gasteiger partial charge in [-0.25, -0.2) is 0 Å². The molecular formula is C5H6BrNS. The molecule has 0 spiro atoms. The minimum atomic E-state index is 0. The second-order valence-electron chi connectivity index (χ2n) is 1.45. The summed E-state index contributed by atoms with van der Waals surface area (Å²) < 4.78 is 0. The van der Waals surface area contributed by atoms with Crippen LogP contribution in [0.15, 0.2) is 15.6 Å². The first-order valence-electron chi connectivity index (χ1n) is 2.11. The van der Waals surface area contributed by atoms with Crippen molar-refractivity contribution >= 4 is 17.3 Å². The van der Waals surface area contributed by atoms with Crippen molar-refractivity contribution in [3.63, 3.8) is 0 Å². The summed E-state index contributed by atoms with van der Waals surface area (Å²) in [5, 5.41) is 0. The molecular weight excluding hydrogens is 186 g/mol. The van der Waals surface area contributed by atoms with E-state index >= 15 is 0 Å². The minimum absolute atomic E-state index is 0. The molecule has 1 rings (SSSR count). The van der Waals surface area contributed by atoms with E-state index in [0.29, 0.717) is 0 Å². The second kappa shape index (κ2) is 3.23. The Bertz CT molecular complexity index is 139. The van der Waals surface area contributed by atoms with Crippen LogP contribution in [0.25, 0.3) is 0 Å². The molecule has 1 nitrogen and oxygen atoms in total. The molecule has 8 heavy (non-hydrogen) atoms. The molecule has 0 radical (unpaired) electrons. The molecule has 0 aromatic heterocycles. The van der Waals surface area contributed by atoms with E-state index in [2.05, 4.69) is 10.5 Å². The molecule has 1 heterocycles. The predicted octanol–water partition coefficient (Wildman–Crippen LogP) is -1.11. The highest BCUT2D eigenvalue weighted by Crippen LogP contribution is 2.22. The fraction of sp³-hybridized carbons (Fsp3) is 0.400. The summed E-state index contributed by atoms with van der Waals surface area (Å²) in [5.41, 5.74) is 3.89. The van der Waals surface area contributed by atoms with Crippen molar-refractivity contribution in [2.45, 2.75) is 13.8 Å². The molecule has 0 bridgehead atoms. The van der Waals surface area contributed by atoms with Gasteiger partial charge in [-0.1, -0.05) is 0 Å². The van der Waals surface area contributed by atoms with Gasteiger partial charge in [0.1, 0.15) is 16.7 Å². The van der Waals surface area contributed by atoms with Crippen LogP contribution in [-0.2, 0) is 0 Å². The van der Waals surface area contributed by atoms with Crippen LogP contribution in [0, 0.1) is 0 Å². The summed E-state index contributed by atoms with van der Waals surface area (Å²) in [6.45, 7) is 4.03. The molecule has 3 heteroatoms. The molecule has 0 saturated heterocycles. The predicted molar refractivity (Wildman–Crippen MR) is 33.4 cm³/mol. The Hall–Kier alpha value is 0.150. The van der Waals surface area contributed by atoms with E-state index in [0.717, 1.165) is 5.70 Å². The highest BCUT2D eigenvalue weighted by atomic mass is 79.9. The number of nitrogens with zero attached hydrogens (tertiary/aromatic N) is 1. The lowest BCUT2D eigenvalue weighted by molar-refractivity contribution is -0.00000150. The van der Waals surface area contributed by atoms with Crippen molar-refractivity contribution in [1.82, 2.24) is 0 Å². The Labute approximate surface area is 64.0 Å². The van der Waals surface area contributed by atoms with Crippen molar-refractivity contribution in [3.05, 3.63) is 10.6 Å². The average Bonchev–Trinajstić information content (AvgIpc) is 1.91. The molecule has 1 aliphatic rings. The van der Waals surface area contributed by atoms with Crippen molar-refractivity contribution in [3.8, 4) is 0 Å². The summed E-state index contributed by atoms with van der Waals surface area (Å²) in [6.07, 6.45) is 0. The molecule has 0 aliphatic carbocycles. The highest BCUT2D eigenvalue weighted by Gasteiger charge is 2.13. The first kappa shape index (κ1) is 8.15. The van der Waals surface area contributed by atoms with Crippen molar-refractivity contribution in [2.75, 3.05) is 0 Å². The largest absolute Gasteiger partial charge is 1.00 e. The SMILES string of the molecule is CC1=C(C)S[C+]=N1.[Br-].